The molecule has 0 saturated carbocycles. The molecule has 0 fully saturated rings. The number of anilines is 1. The van der Waals surface area contributed by atoms with E-state index in [-0.39, 0.29) is 24.0 Å². The van der Waals surface area contributed by atoms with E-state index in [4.69, 9.17) is 10.8 Å². The summed E-state index contributed by atoms with van der Waals surface area (Å²) in [4.78, 5) is 12.0. The number of hydrogen-bond donors (Lipinski definition) is 3. The molecule has 19 heavy (non-hydrogen) atoms. The molecule has 1 atom stereocenters. The number of nitrogens with two attached hydrogens (primary N) is 1. The van der Waals surface area contributed by atoms with Gasteiger partial charge >= 0.3 is 0 Å². The Kier molecular flexibility index (Phi) is 5.36. The average Bonchev–Trinajstić information content (AvgIpc) is 2.27. The Bertz CT molecular complexity index is 424. The molecule has 4 N–H and O–H groups in total. The van der Waals surface area contributed by atoms with Crippen LogP contribution in [-0.2, 0) is 11.2 Å². The van der Waals surface area contributed by atoms with Gasteiger partial charge in [-0.05, 0) is 29.5 Å². The Labute approximate surface area is 115 Å². The molecule has 0 spiro atoms. The Morgan fingerprint density at radius 1 is 1.42 bits per heavy atom. The van der Waals surface area contributed by atoms with Crippen LogP contribution in [0.3, 0.4) is 0 Å². The van der Waals surface area contributed by atoms with Crippen molar-refractivity contribution in [3.8, 4) is 0 Å². The smallest absolute Gasteiger partial charge is 0.224 e. The maximum atomic E-state index is 12.0. The predicted octanol–water partition coefficient (Wildman–Crippen LogP) is 1.72. The molecule has 0 heterocycles. The Hall–Kier alpha value is -1.55. The molecule has 106 valence electrons. The first-order valence-corrected chi connectivity index (χ1v) is 6.57. The van der Waals surface area contributed by atoms with E-state index in [0.29, 0.717) is 18.5 Å². The van der Waals surface area contributed by atoms with E-state index < -0.39 is 0 Å². The molecular weight excluding hydrogens is 240 g/mol. The number of aliphatic hydroxyl groups excluding tert-OH is 1. The SMILES string of the molecule is CC(C)(C)C(CCO)NC(=O)Cc1cccc(N)c1. The van der Waals surface area contributed by atoms with Gasteiger partial charge < -0.3 is 16.2 Å². The lowest BCUT2D eigenvalue weighted by Crippen LogP contribution is -2.44. The van der Waals surface area contributed by atoms with E-state index in [1.54, 1.807) is 12.1 Å². The topological polar surface area (TPSA) is 75.3 Å². The average molecular weight is 264 g/mol. The second-order valence-electron chi connectivity index (χ2n) is 5.92. The number of aliphatic hydroxyl groups is 1. The van der Waals surface area contributed by atoms with Gasteiger partial charge in [-0.2, -0.15) is 0 Å². The van der Waals surface area contributed by atoms with Crippen LogP contribution in [0, 0.1) is 5.41 Å². The van der Waals surface area contributed by atoms with Crippen LogP contribution in [0.25, 0.3) is 0 Å². The van der Waals surface area contributed by atoms with Crippen molar-refractivity contribution in [2.75, 3.05) is 12.3 Å². The summed E-state index contributed by atoms with van der Waals surface area (Å²) in [5.41, 5.74) is 7.17. The van der Waals surface area contributed by atoms with E-state index in [2.05, 4.69) is 5.32 Å². The number of nitrogen functional groups attached to an aromatic ring is 1. The highest BCUT2D eigenvalue weighted by atomic mass is 16.3. The maximum Gasteiger partial charge on any atom is 0.224 e. The second kappa shape index (κ2) is 6.57. The van der Waals surface area contributed by atoms with E-state index in [9.17, 15) is 4.79 Å². The van der Waals surface area contributed by atoms with Gasteiger partial charge in [0.1, 0.15) is 0 Å². The van der Waals surface area contributed by atoms with Crippen LogP contribution in [-0.4, -0.2) is 23.7 Å². The quantitative estimate of drug-likeness (QED) is 0.709. The fraction of sp³-hybridized carbons (Fsp3) is 0.533. The van der Waals surface area contributed by atoms with Crippen molar-refractivity contribution in [3.63, 3.8) is 0 Å². The van der Waals surface area contributed by atoms with E-state index in [0.717, 1.165) is 5.56 Å². The normalized spacial score (nSPS) is 13.1. The van der Waals surface area contributed by atoms with Crippen LogP contribution in [0.5, 0.6) is 0 Å². The van der Waals surface area contributed by atoms with Crippen LogP contribution < -0.4 is 11.1 Å². The van der Waals surface area contributed by atoms with Gasteiger partial charge in [0.2, 0.25) is 5.91 Å². The highest BCUT2D eigenvalue weighted by Crippen LogP contribution is 2.21. The zero-order chi connectivity index (χ0) is 14.5. The first-order chi connectivity index (χ1) is 8.82. The minimum atomic E-state index is -0.0753. The highest BCUT2D eigenvalue weighted by molar-refractivity contribution is 5.79. The number of hydrogen-bond acceptors (Lipinski definition) is 3. The zero-order valence-electron chi connectivity index (χ0n) is 11.9. The van der Waals surface area contributed by atoms with Gasteiger partial charge in [-0.25, -0.2) is 0 Å². The Balaban J connectivity index is 2.63. The zero-order valence-corrected chi connectivity index (χ0v) is 11.9. The van der Waals surface area contributed by atoms with Gasteiger partial charge in [-0.15, -0.1) is 0 Å². The molecule has 4 nitrogen and oxygen atoms in total. The van der Waals surface area contributed by atoms with Crippen LogP contribution in [0.15, 0.2) is 24.3 Å². The van der Waals surface area contributed by atoms with E-state index in [1.807, 2.05) is 32.9 Å². The summed E-state index contributed by atoms with van der Waals surface area (Å²) in [6.45, 7) is 6.22. The van der Waals surface area contributed by atoms with Crippen LogP contribution in [0.1, 0.15) is 32.8 Å². The minimum absolute atomic E-state index is 0.0361. The van der Waals surface area contributed by atoms with Crippen molar-refractivity contribution in [3.05, 3.63) is 29.8 Å². The number of rotatable bonds is 5. The van der Waals surface area contributed by atoms with Crippen molar-refractivity contribution in [2.24, 2.45) is 5.41 Å². The van der Waals surface area contributed by atoms with Crippen molar-refractivity contribution in [1.29, 1.82) is 0 Å². The fourth-order valence-corrected chi connectivity index (χ4v) is 1.98. The Morgan fingerprint density at radius 2 is 2.11 bits per heavy atom. The molecule has 1 unspecified atom stereocenters. The summed E-state index contributed by atoms with van der Waals surface area (Å²) >= 11 is 0. The van der Waals surface area contributed by atoms with Crippen molar-refractivity contribution < 1.29 is 9.90 Å². The molecule has 4 heteroatoms. The first kappa shape index (κ1) is 15.5. The molecule has 0 aliphatic rings. The molecule has 1 amide bonds. The predicted molar refractivity (Wildman–Crippen MR) is 77.6 cm³/mol. The summed E-state index contributed by atoms with van der Waals surface area (Å²) in [6.07, 6.45) is 0.870. The second-order valence-corrected chi connectivity index (χ2v) is 5.92. The van der Waals surface area contributed by atoms with Gasteiger partial charge in [0.15, 0.2) is 0 Å². The number of nitrogens with one attached hydrogen (secondary N) is 1. The summed E-state index contributed by atoms with van der Waals surface area (Å²) in [7, 11) is 0. The largest absolute Gasteiger partial charge is 0.399 e. The lowest BCUT2D eigenvalue weighted by Gasteiger charge is -2.31. The summed E-state index contributed by atoms with van der Waals surface area (Å²) in [5, 5.41) is 12.1. The van der Waals surface area contributed by atoms with E-state index in [1.165, 1.54) is 0 Å². The van der Waals surface area contributed by atoms with Crippen molar-refractivity contribution >= 4 is 11.6 Å². The van der Waals surface area contributed by atoms with Gasteiger partial charge in [0, 0.05) is 18.3 Å². The molecule has 0 aliphatic carbocycles. The molecule has 0 bridgehead atoms. The van der Waals surface area contributed by atoms with Gasteiger partial charge in [0.05, 0.1) is 6.42 Å². The van der Waals surface area contributed by atoms with Crippen LogP contribution in [0.4, 0.5) is 5.69 Å². The molecule has 0 aromatic heterocycles. The molecule has 0 saturated heterocycles. The maximum absolute atomic E-state index is 12.0. The minimum Gasteiger partial charge on any atom is -0.399 e. The molecule has 1 aromatic rings. The Morgan fingerprint density at radius 3 is 2.63 bits per heavy atom. The third-order valence-electron chi connectivity index (χ3n) is 3.11. The summed E-state index contributed by atoms with van der Waals surface area (Å²) in [6, 6.07) is 7.29. The van der Waals surface area contributed by atoms with E-state index >= 15 is 0 Å². The molecule has 0 radical (unpaired) electrons. The number of amides is 1. The van der Waals surface area contributed by atoms with Crippen LogP contribution in [0.2, 0.25) is 0 Å². The number of benzene rings is 1. The summed E-state index contributed by atoms with van der Waals surface area (Å²) in [5.74, 6) is -0.0426. The third kappa shape index (κ3) is 5.30. The van der Waals surface area contributed by atoms with Crippen molar-refractivity contribution in [2.45, 2.75) is 39.7 Å². The lowest BCUT2D eigenvalue weighted by atomic mass is 9.85. The number of carbonyl (C=O) groups is 1. The monoisotopic (exact) mass is 264 g/mol. The van der Waals surface area contributed by atoms with Gasteiger partial charge in [0.25, 0.3) is 0 Å². The van der Waals surface area contributed by atoms with Crippen LogP contribution >= 0.6 is 0 Å². The highest BCUT2D eigenvalue weighted by Gasteiger charge is 2.25. The third-order valence-corrected chi connectivity index (χ3v) is 3.11. The summed E-state index contributed by atoms with van der Waals surface area (Å²) < 4.78 is 0. The van der Waals surface area contributed by atoms with Gasteiger partial charge in [-0.3, -0.25) is 4.79 Å². The fourth-order valence-electron chi connectivity index (χ4n) is 1.98. The molecular formula is C15H24N2O2. The standard InChI is InChI=1S/C15H24N2O2/c1-15(2,3)13(7-8-18)17-14(19)10-11-5-4-6-12(16)9-11/h4-6,9,13,18H,7-8,10,16H2,1-3H3,(H,17,19). The van der Waals surface area contributed by atoms with Crippen molar-refractivity contribution in [1.82, 2.24) is 5.32 Å². The molecule has 0 aliphatic heterocycles. The first-order valence-electron chi connectivity index (χ1n) is 6.57. The molecule has 1 aromatic carbocycles. The lowest BCUT2D eigenvalue weighted by molar-refractivity contribution is -0.122. The number of carbonyl (C=O) groups excluding carboxylic acids is 1. The van der Waals surface area contributed by atoms with Gasteiger partial charge in [-0.1, -0.05) is 32.9 Å². The molecule has 1 rings (SSSR count).